The molecule has 1 unspecified atom stereocenters. The summed E-state index contributed by atoms with van der Waals surface area (Å²) in [5.74, 6) is -2.33. The van der Waals surface area contributed by atoms with Crippen molar-refractivity contribution in [2.75, 3.05) is 0 Å². The topological polar surface area (TPSA) is 94.8 Å². The smallest absolute Gasteiger partial charge is 0.233 e. The number of aliphatic hydroxyl groups is 3. The second-order valence-corrected chi connectivity index (χ2v) is 9.04. The third-order valence-electron chi connectivity index (χ3n) is 6.61. The largest absolute Gasteiger partial charge is 0.507 e. The van der Waals surface area contributed by atoms with Crippen LogP contribution in [0.3, 0.4) is 0 Å². The van der Waals surface area contributed by atoms with Gasteiger partial charge in [0.25, 0.3) is 0 Å². The zero-order valence-electron chi connectivity index (χ0n) is 15.6. The number of aliphatic hydroxyl groups excluding tert-OH is 3. The predicted octanol–water partition coefficient (Wildman–Crippen LogP) is 2.47. The van der Waals surface area contributed by atoms with Gasteiger partial charge in [-0.05, 0) is 24.2 Å². The van der Waals surface area contributed by atoms with Crippen LogP contribution in [-0.2, 0) is 9.59 Å². The fourth-order valence-electron chi connectivity index (χ4n) is 5.68. The van der Waals surface area contributed by atoms with Gasteiger partial charge in [-0.1, -0.05) is 41.0 Å². The van der Waals surface area contributed by atoms with Crippen LogP contribution in [0.15, 0.2) is 22.5 Å². The molecule has 3 aliphatic rings. The van der Waals surface area contributed by atoms with Crippen LogP contribution in [-0.4, -0.2) is 39.1 Å². The second-order valence-electron chi connectivity index (χ2n) is 9.04. The monoisotopic (exact) mass is 348 g/mol. The summed E-state index contributed by atoms with van der Waals surface area (Å²) in [6.45, 7) is 9.40. The minimum absolute atomic E-state index is 0.0344. The minimum Gasteiger partial charge on any atom is -0.507 e. The summed E-state index contributed by atoms with van der Waals surface area (Å²) in [7, 11) is 0. The van der Waals surface area contributed by atoms with Crippen molar-refractivity contribution < 1.29 is 24.9 Å². The maximum atomic E-state index is 13.0. The average molecular weight is 348 g/mol. The van der Waals surface area contributed by atoms with E-state index in [0.717, 1.165) is 12.8 Å². The molecule has 5 nitrogen and oxygen atoms in total. The maximum Gasteiger partial charge on any atom is 0.233 e. The summed E-state index contributed by atoms with van der Waals surface area (Å²) in [6, 6.07) is 0. The first-order chi connectivity index (χ1) is 11.4. The highest BCUT2D eigenvalue weighted by Gasteiger charge is 2.61. The number of allylic oxidation sites excluding steroid dienone is 2. The molecule has 0 aromatic rings. The van der Waals surface area contributed by atoms with Crippen molar-refractivity contribution in [2.45, 2.75) is 66.1 Å². The lowest BCUT2D eigenvalue weighted by atomic mass is 9.47. The van der Waals surface area contributed by atoms with Crippen LogP contribution < -0.4 is 0 Å². The molecule has 138 valence electrons. The molecule has 3 rings (SSSR count). The molecule has 4 atom stereocenters. The Morgan fingerprint density at radius 2 is 1.64 bits per heavy atom. The number of ketones is 2. The second kappa shape index (κ2) is 5.52. The molecule has 0 aromatic carbocycles. The molecule has 3 aliphatic carbocycles. The first-order valence-electron chi connectivity index (χ1n) is 9.08. The molecule has 0 aliphatic heterocycles. The Morgan fingerprint density at radius 1 is 1.04 bits per heavy atom. The summed E-state index contributed by atoms with van der Waals surface area (Å²) in [5.41, 5.74) is -0.703. The van der Waals surface area contributed by atoms with Crippen molar-refractivity contribution in [1.82, 2.24) is 0 Å². The van der Waals surface area contributed by atoms with Crippen molar-refractivity contribution in [3.8, 4) is 0 Å². The SMILES string of the molecule is CC(C)C1=C(O)C2=C(C(=O)C1=O)[C@@]1(C)CCCC(C)(C)C1[C@H](O)[C@H]2O. The van der Waals surface area contributed by atoms with E-state index >= 15 is 0 Å². The molecule has 1 saturated carbocycles. The van der Waals surface area contributed by atoms with Gasteiger partial charge < -0.3 is 15.3 Å². The molecular weight excluding hydrogens is 320 g/mol. The Kier molecular flexibility index (Phi) is 4.05. The van der Waals surface area contributed by atoms with Gasteiger partial charge in [0.1, 0.15) is 11.9 Å². The van der Waals surface area contributed by atoms with Gasteiger partial charge in [-0.15, -0.1) is 0 Å². The van der Waals surface area contributed by atoms with Gasteiger partial charge in [-0.25, -0.2) is 0 Å². The number of Topliss-reactive ketones (excluding diaryl/α,β-unsaturated/α-hetero) is 2. The van der Waals surface area contributed by atoms with Gasteiger partial charge in [0.05, 0.1) is 6.10 Å². The number of rotatable bonds is 1. The Labute approximate surface area is 148 Å². The van der Waals surface area contributed by atoms with Crippen molar-refractivity contribution in [3.63, 3.8) is 0 Å². The Balaban J connectivity index is 2.32. The molecule has 5 heteroatoms. The molecule has 0 radical (unpaired) electrons. The van der Waals surface area contributed by atoms with Crippen LogP contribution in [0.4, 0.5) is 0 Å². The fraction of sp³-hybridized carbons (Fsp3) is 0.700. The molecule has 0 spiro atoms. The van der Waals surface area contributed by atoms with E-state index in [1.165, 1.54) is 0 Å². The molecule has 0 aromatic heterocycles. The van der Waals surface area contributed by atoms with E-state index in [4.69, 9.17) is 0 Å². The molecule has 0 heterocycles. The lowest BCUT2D eigenvalue weighted by Gasteiger charge is -2.57. The van der Waals surface area contributed by atoms with E-state index in [9.17, 15) is 24.9 Å². The van der Waals surface area contributed by atoms with Gasteiger partial charge in [0.15, 0.2) is 0 Å². The Bertz CT molecular complexity index is 712. The number of fused-ring (bicyclic) bond motifs is 2. The maximum absolute atomic E-state index is 13.0. The van der Waals surface area contributed by atoms with Crippen LogP contribution in [0, 0.1) is 22.7 Å². The fourth-order valence-corrected chi connectivity index (χ4v) is 5.68. The van der Waals surface area contributed by atoms with Gasteiger partial charge in [-0.3, -0.25) is 9.59 Å². The van der Waals surface area contributed by atoms with Crippen molar-refractivity contribution in [1.29, 1.82) is 0 Å². The zero-order chi connectivity index (χ0) is 18.9. The van der Waals surface area contributed by atoms with E-state index in [2.05, 4.69) is 0 Å². The molecule has 3 N–H and O–H groups in total. The van der Waals surface area contributed by atoms with E-state index in [-0.39, 0.29) is 39.7 Å². The van der Waals surface area contributed by atoms with Crippen molar-refractivity contribution in [2.24, 2.45) is 22.7 Å². The predicted molar refractivity (Wildman–Crippen MR) is 92.8 cm³/mol. The highest BCUT2D eigenvalue weighted by molar-refractivity contribution is 6.50. The third kappa shape index (κ3) is 2.28. The summed E-state index contributed by atoms with van der Waals surface area (Å²) in [4.78, 5) is 25.7. The number of hydrogen-bond donors (Lipinski definition) is 3. The molecule has 0 saturated heterocycles. The summed E-state index contributed by atoms with van der Waals surface area (Å²) in [5, 5.41) is 32.4. The number of carbonyl (C=O) groups is 2. The molecule has 25 heavy (non-hydrogen) atoms. The first-order valence-corrected chi connectivity index (χ1v) is 9.08. The van der Waals surface area contributed by atoms with Crippen molar-refractivity contribution >= 4 is 11.6 Å². The van der Waals surface area contributed by atoms with Gasteiger partial charge in [-0.2, -0.15) is 0 Å². The lowest BCUT2D eigenvalue weighted by molar-refractivity contribution is -0.141. The Morgan fingerprint density at radius 3 is 2.20 bits per heavy atom. The number of carbonyl (C=O) groups excluding carboxylic acids is 2. The quantitative estimate of drug-likeness (QED) is 0.500. The van der Waals surface area contributed by atoms with Crippen LogP contribution in [0.2, 0.25) is 0 Å². The van der Waals surface area contributed by atoms with Crippen LogP contribution in [0.5, 0.6) is 0 Å². The molecule has 0 amide bonds. The number of hydrogen-bond acceptors (Lipinski definition) is 5. The molecular formula is C20H28O5. The standard InChI is InChI=1S/C20H28O5/c1-9(2)10-13(21)11-12(16(24)14(10)22)20(5)8-6-7-19(3,4)18(20)17(25)15(11)23/h9,15,17-18,21,23,25H,6-8H2,1-5H3/t15-,17+,18?,20+/m0/s1. The summed E-state index contributed by atoms with van der Waals surface area (Å²) >= 11 is 0. The highest BCUT2D eigenvalue weighted by atomic mass is 16.3. The van der Waals surface area contributed by atoms with Crippen LogP contribution in [0.25, 0.3) is 0 Å². The summed E-state index contributed by atoms with van der Waals surface area (Å²) < 4.78 is 0. The average Bonchev–Trinajstić information content (AvgIpc) is 2.47. The van der Waals surface area contributed by atoms with Crippen LogP contribution >= 0.6 is 0 Å². The van der Waals surface area contributed by atoms with E-state index in [1.807, 2.05) is 20.8 Å². The lowest BCUT2D eigenvalue weighted by Crippen LogP contribution is -2.59. The molecule has 0 bridgehead atoms. The first kappa shape index (κ1) is 18.3. The zero-order valence-corrected chi connectivity index (χ0v) is 15.6. The Hall–Kier alpha value is -1.46. The van der Waals surface area contributed by atoms with E-state index in [0.29, 0.717) is 6.42 Å². The van der Waals surface area contributed by atoms with Gasteiger partial charge in [0.2, 0.25) is 11.6 Å². The van der Waals surface area contributed by atoms with Crippen molar-refractivity contribution in [3.05, 3.63) is 22.5 Å². The van der Waals surface area contributed by atoms with Gasteiger partial charge in [0, 0.05) is 28.1 Å². The normalized spacial score (nSPS) is 38.2. The van der Waals surface area contributed by atoms with Gasteiger partial charge >= 0.3 is 0 Å². The third-order valence-corrected chi connectivity index (χ3v) is 6.61. The minimum atomic E-state index is -1.36. The highest BCUT2D eigenvalue weighted by Crippen LogP contribution is 2.61. The van der Waals surface area contributed by atoms with E-state index < -0.39 is 29.2 Å². The molecule has 1 fully saturated rings. The van der Waals surface area contributed by atoms with E-state index in [1.54, 1.807) is 13.8 Å². The van der Waals surface area contributed by atoms with Crippen LogP contribution in [0.1, 0.15) is 53.9 Å². The summed E-state index contributed by atoms with van der Waals surface area (Å²) in [6.07, 6.45) is -0.0666.